The smallest absolute Gasteiger partial charge is 0.248 e. The Bertz CT molecular complexity index is 333. The first-order chi connectivity index (χ1) is 5.27. The highest BCUT2D eigenvalue weighted by Crippen LogP contribution is 2.06. The second-order valence-electron chi connectivity index (χ2n) is 2.63. The van der Waals surface area contributed by atoms with Crippen LogP contribution in [-0.2, 0) is 4.74 Å². The minimum Gasteiger partial charge on any atom is -0.377 e. The van der Waals surface area contributed by atoms with Crippen LogP contribution < -0.4 is 16.2 Å². The lowest BCUT2D eigenvalue weighted by Gasteiger charge is -2.27. The Morgan fingerprint density at radius 3 is 2.55 bits per heavy atom. The lowest BCUT2D eigenvalue weighted by molar-refractivity contribution is 0.0210. The standard InChI is InChI=1S/C7H7NO3/c9-6-1-5(7(6)10)8-4-2-11-3-4/h1,4,8H,2-3H2. The highest BCUT2D eigenvalue weighted by molar-refractivity contribution is 5.48. The molecule has 1 fully saturated rings. The highest BCUT2D eigenvalue weighted by Gasteiger charge is 2.20. The Labute approximate surface area is 62.5 Å². The molecule has 1 aromatic rings. The van der Waals surface area contributed by atoms with Gasteiger partial charge < -0.3 is 10.1 Å². The van der Waals surface area contributed by atoms with Gasteiger partial charge in [0.25, 0.3) is 0 Å². The quantitative estimate of drug-likeness (QED) is 0.559. The van der Waals surface area contributed by atoms with Gasteiger partial charge in [0, 0.05) is 6.07 Å². The summed E-state index contributed by atoms with van der Waals surface area (Å²) in [7, 11) is 0. The molecule has 4 heteroatoms. The van der Waals surface area contributed by atoms with Gasteiger partial charge in [0.05, 0.1) is 24.9 Å². The first kappa shape index (κ1) is 6.54. The summed E-state index contributed by atoms with van der Waals surface area (Å²) in [6.07, 6.45) is 0. The molecule has 1 aliphatic heterocycles. The zero-order valence-electron chi connectivity index (χ0n) is 5.79. The van der Waals surface area contributed by atoms with E-state index in [0.29, 0.717) is 18.9 Å². The van der Waals surface area contributed by atoms with Gasteiger partial charge in [-0.25, -0.2) is 0 Å². The van der Waals surface area contributed by atoms with Crippen molar-refractivity contribution in [1.29, 1.82) is 0 Å². The summed E-state index contributed by atoms with van der Waals surface area (Å²) in [4.78, 5) is 21.1. The molecule has 0 unspecified atom stereocenters. The molecule has 58 valence electrons. The van der Waals surface area contributed by atoms with Gasteiger partial charge in [-0.15, -0.1) is 0 Å². The average molecular weight is 153 g/mol. The highest BCUT2D eigenvalue weighted by atomic mass is 16.5. The van der Waals surface area contributed by atoms with Crippen LogP contribution in [-0.4, -0.2) is 19.3 Å². The Balaban J connectivity index is 2.03. The molecule has 1 aromatic carbocycles. The van der Waals surface area contributed by atoms with Crippen LogP contribution in [0.5, 0.6) is 0 Å². The minimum absolute atomic E-state index is 0.221. The normalized spacial score (nSPS) is 18.2. The summed E-state index contributed by atoms with van der Waals surface area (Å²) in [6.45, 7) is 1.25. The molecule has 0 spiro atoms. The third-order valence-electron chi connectivity index (χ3n) is 1.74. The van der Waals surface area contributed by atoms with E-state index in [-0.39, 0.29) is 6.04 Å². The summed E-state index contributed by atoms with van der Waals surface area (Å²) in [5.74, 6) is 0. The summed E-state index contributed by atoms with van der Waals surface area (Å²) >= 11 is 0. The van der Waals surface area contributed by atoms with E-state index in [1.54, 1.807) is 0 Å². The lowest BCUT2D eigenvalue weighted by Crippen LogP contribution is -2.44. The van der Waals surface area contributed by atoms with Gasteiger partial charge in [-0.1, -0.05) is 0 Å². The van der Waals surface area contributed by atoms with Gasteiger partial charge in [-0.2, -0.15) is 0 Å². The number of nitrogens with one attached hydrogen (secondary N) is 1. The largest absolute Gasteiger partial charge is 0.377 e. The van der Waals surface area contributed by atoms with Crippen molar-refractivity contribution in [2.75, 3.05) is 18.5 Å². The van der Waals surface area contributed by atoms with Gasteiger partial charge in [0.2, 0.25) is 10.9 Å². The van der Waals surface area contributed by atoms with Crippen molar-refractivity contribution in [3.8, 4) is 0 Å². The molecule has 0 amide bonds. The second-order valence-corrected chi connectivity index (χ2v) is 2.63. The minimum atomic E-state index is -0.409. The van der Waals surface area contributed by atoms with Crippen LogP contribution >= 0.6 is 0 Å². The van der Waals surface area contributed by atoms with Gasteiger partial charge in [-0.3, -0.25) is 9.59 Å². The van der Waals surface area contributed by atoms with Crippen LogP contribution in [0.15, 0.2) is 15.7 Å². The predicted octanol–water partition coefficient (Wildman–Crippen LogP) is -0.907. The van der Waals surface area contributed by atoms with Crippen LogP contribution in [0.3, 0.4) is 0 Å². The molecule has 1 heterocycles. The summed E-state index contributed by atoms with van der Waals surface area (Å²) < 4.78 is 4.88. The molecule has 0 aliphatic carbocycles. The Hall–Kier alpha value is -1.16. The maximum Gasteiger partial charge on any atom is 0.248 e. The van der Waals surface area contributed by atoms with Crippen LogP contribution in [0.2, 0.25) is 0 Å². The topological polar surface area (TPSA) is 55.4 Å². The van der Waals surface area contributed by atoms with E-state index in [4.69, 9.17) is 4.74 Å². The fourth-order valence-electron chi connectivity index (χ4n) is 0.963. The zero-order chi connectivity index (χ0) is 7.84. The van der Waals surface area contributed by atoms with Crippen molar-refractivity contribution in [3.05, 3.63) is 26.5 Å². The molecule has 0 saturated carbocycles. The van der Waals surface area contributed by atoms with Crippen molar-refractivity contribution < 1.29 is 4.74 Å². The van der Waals surface area contributed by atoms with Gasteiger partial charge >= 0.3 is 0 Å². The molecule has 0 atom stereocenters. The van der Waals surface area contributed by atoms with E-state index in [2.05, 4.69) is 5.32 Å². The van der Waals surface area contributed by atoms with Crippen LogP contribution in [0.4, 0.5) is 5.69 Å². The molecule has 4 nitrogen and oxygen atoms in total. The first-order valence-electron chi connectivity index (χ1n) is 3.42. The monoisotopic (exact) mass is 153 g/mol. The molecule has 2 rings (SSSR count). The van der Waals surface area contributed by atoms with Crippen LogP contribution in [0, 0.1) is 0 Å². The Kier molecular flexibility index (Phi) is 1.29. The van der Waals surface area contributed by atoms with Crippen LogP contribution in [0.1, 0.15) is 0 Å². The number of rotatable bonds is 2. The molecule has 0 bridgehead atoms. The predicted molar refractivity (Wildman–Crippen MR) is 39.6 cm³/mol. The number of hydrogen-bond donors (Lipinski definition) is 1. The van der Waals surface area contributed by atoms with Crippen molar-refractivity contribution >= 4 is 5.69 Å². The first-order valence-corrected chi connectivity index (χ1v) is 3.42. The van der Waals surface area contributed by atoms with Gasteiger partial charge in [0.1, 0.15) is 0 Å². The molecular weight excluding hydrogens is 146 g/mol. The number of anilines is 1. The second kappa shape index (κ2) is 2.17. The third kappa shape index (κ3) is 0.952. The molecular formula is C7H7NO3. The van der Waals surface area contributed by atoms with E-state index in [0.717, 1.165) is 0 Å². The Morgan fingerprint density at radius 2 is 2.18 bits per heavy atom. The van der Waals surface area contributed by atoms with E-state index in [1.165, 1.54) is 6.07 Å². The van der Waals surface area contributed by atoms with Gasteiger partial charge in [-0.05, 0) is 0 Å². The van der Waals surface area contributed by atoms with E-state index in [9.17, 15) is 9.59 Å². The molecule has 0 aromatic heterocycles. The molecule has 0 radical (unpaired) electrons. The van der Waals surface area contributed by atoms with E-state index >= 15 is 0 Å². The molecule has 1 N–H and O–H groups in total. The molecule has 1 saturated heterocycles. The third-order valence-corrected chi connectivity index (χ3v) is 1.74. The SMILES string of the molecule is O=c1cc(NC2COC2)c1=O. The molecule has 1 aliphatic rings. The maximum absolute atomic E-state index is 10.7. The molecule has 11 heavy (non-hydrogen) atoms. The summed E-state index contributed by atoms with van der Waals surface area (Å²) in [5, 5.41) is 2.90. The average Bonchev–Trinajstić information content (AvgIpc) is 1.93. The number of hydrogen-bond acceptors (Lipinski definition) is 4. The Morgan fingerprint density at radius 1 is 1.45 bits per heavy atom. The van der Waals surface area contributed by atoms with Crippen molar-refractivity contribution in [2.45, 2.75) is 6.04 Å². The summed E-state index contributed by atoms with van der Waals surface area (Å²) in [5.41, 5.74) is -0.382. The van der Waals surface area contributed by atoms with Gasteiger partial charge in [0.15, 0.2) is 0 Å². The lowest BCUT2D eigenvalue weighted by atomic mass is 10.2. The fourth-order valence-corrected chi connectivity index (χ4v) is 0.963. The number of ether oxygens (including phenoxy) is 1. The zero-order valence-corrected chi connectivity index (χ0v) is 5.79. The van der Waals surface area contributed by atoms with Crippen LogP contribution in [0.25, 0.3) is 0 Å². The summed E-state index contributed by atoms with van der Waals surface area (Å²) in [6, 6.07) is 1.54. The van der Waals surface area contributed by atoms with E-state index in [1.807, 2.05) is 0 Å². The fraction of sp³-hybridized carbons (Fsp3) is 0.429. The van der Waals surface area contributed by atoms with Crippen molar-refractivity contribution in [3.63, 3.8) is 0 Å². The maximum atomic E-state index is 10.7. The van der Waals surface area contributed by atoms with Crippen molar-refractivity contribution in [2.24, 2.45) is 0 Å². The van der Waals surface area contributed by atoms with Crippen molar-refractivity contribution in [1.82, 2.24) is 0 Å². The van der Waals surface area contributed by atoms with E-state index < -0.39 is 10.9 Å².